The Balaban J connectivity index is 1.87. The second kappa shape index (κ2) is 6.55. The van der Waals surface area contributed by atoms with Gasteiger partial charge >= 0.3 is 5.97 Å². The van der Waals surface area contributed by atoms with Gasteiger partial charge in [-0.2, -0.15) is 0 Å². The summed E-state index contributed by atoms with van der Waals surface area (Å²) < 4.78 is 35.7. The third-order valence-corrected chi connectivity index (χ3v) is 6.16. The summed E-state index contributed by atoms with van der Waals surface area (Å²) in [6, 6.07) is 9.32. The van der Waals surface area contributed by atoms with E-state index in [1.807, 2.05) is 42.7 Å². The summed E-state index contributed by atoms with van der Waals surface area (Å²) in [4.78, 5) is 12.5. The predicted molar refractivity (Wildman–Crippen MR) is 94.3 cm³/mol. The Morgan fingerprint density at radius 2 is 2.00 bits per heavy atom. The normalized spacial score (nSPS) is 18.9. The number of sulfone groups is 1. The first-order valence-corrected chi connectivity index (χ1v) is 9.87. The number of methoxy groups -OCH3 is 1. The Bertz CT molecular complexity index is 914. The molecule has 3 rings (SSSR count). The highest BCUT2D eigenvalue weighted by Crippen LogP contribution is 2.25. The minimum atomic E-state index is -3.08. The number of carbonyl (C=O) groups is 1. The van der Waals surface area contributed by atoms with Crippen molar-refractivity contribution in [2.24, 2.45) is 0 Å². The van der Waals surface area contributed by atoms with Crippen LogP contribution < -0.4 is 4.74 Å². The van der Waals surface area contributed by atoms with Gasteiger partial charge in [0, 0.05) is 23.1 Å². The maximum Gasteiger partial charge on any atom is 0.340 e. The molecule has 0 aliphatic carbocycles. The Morgan fingerprint density at radius 1 is 1.24 bits per heavy atom. The number of ether oxygens (including phenoxy) is 2. The molecule has 1 fully saturated rings. The van der Waals surface area contributed by atoms with Crippen molar-refractivity contribution in [3.05, 3.63) is 47.3 Å². The van der Waals surface area contributed by atoms with Crippen LogP contribution in [0, 0.1) is 13.8 Å². The van der Waals surface area contributed by atoms with E-state index in [9.17, 15) is 13.2 Å². The van der Waals surface area contributed by atoms with E-state index in [1.165, 1.54) is 0 Å². The molecule has 0 radical (unpaired) electrons. The minimum Gasteiger partial charge on any atom is -0.497 e. The molecule has 2 heterocycles. The summed E-state index contributed by atoms with van der Waals surface area (Å²) in [6.07, 6.45) is -0.194. The summed E-state index contributed by atoms with van der Waals surface area (Å²) in [5.41, 5.74) is 2.97. The molecule has 1 unspecified atom stereocenters. The van der Waals surface area contributed by atoms with E-state index in [4.69, 9.17) is 9.47 Å². The first kappa shape index (κ1) is 17.5. The summed E-state index contributed by atoms with van der Waals surface area (Å²) >= 11 is 0. The average molecular weight is 363 g/mol. The van der Waals surface area contributed by atoms with E-state index < -0.39 is 21.9 Å². The van der Waals surface area contributed by atoms with Gasteiger partial charge in [0.25, 0.3) is 0 Å². The van der Waals surface area contributed by atoms with Crippen LogP contribution in [-0.4, -0.2) is 43.7 Å². The van der Waals surface area contributed by atoms with Crippen LogP contribution >= 0.6 is 0 Å². The quantitative estimate of drug-likeness (QED) is 0.780. The lowest BCUT2D eigenvalue weighted by molar-refractivity contribution is 0.0355. The molecular formula is C18H21NO5S. The summed E-state index contributed by atoms with van der Waals surface area (Å²) in [7, 11) is -1.48. The number of hydrogen-bond acceptors (Lipinski definition) is 5. The monoisotopic (exact) mass is 363 g/mol. The predicted octanol–water partition coefficient (Wildman–Crippen LogP) is 2.45. The molecule has 1 aliphatic rings. The van der Waals surface area contributed by atoms with Gasteiger partial charge in [0.05, 0.1) is 24.2 Å². The first-order chi connectivity index (χ1) is 11.8. The van der Waals surface area contributed by atoms with Gasteiger partial charge in [0.1, 0.15) is 11.9 Å². The molecule has 0 N–H and O–H groups in total. The number of carbonyl (C=O) groups excluding carboxylic acids is 1. The Labute approximate surface area is 147 Å². The highest BCUT2D eigenvalue weighted by molar-refractivity contribution is 7.91. The van der Waals surface area contributed by atoms with Crippen LogP contribution in [0.1, 0.15) is 28.2 Å². The fraction of sp³-hybridized carbons (Fsp3) is 0.389. The highest BCUT2D eigenvalue weighted by atomic mass is 32.2. The van der Waals surface area contributed by atoms with Gasteiger partial charge in [0.2, 0.25) is 0 Å². The molecule has 1 aliphatic heterocycles. The van der Waals surface area contributed by atoms with E-state index in [0.717, 1.165) is 22.8 Å². The molecule has 0 bridgehead atoms. The van der Waals surface area contributed by atoms with Crippen molar-refractivity contribution in [2.45, 2.75) is 26.4 Å². The number of esters is 1. The van der Waals surface area contributed by atoms with Crippen molar-refractivity contribution in [3.63, 3.8) is 0 Å². The zero-order chi connectivity index (χ0) is 18.2. The van der Waals surface area contributed by atoms with Gasteiger partial charge in [-0.1, -0.05) is 6.07 Å². The van der Waals surface area contributed by atoms with Gasteiger partial charge in [-0.25, -0.2) is 13.2 Å². The van der Waals surface area contributed by atoms with Crippen molar-refractivity contribution < 1.29 is 22.7 Å². The van der Waals surface area contributed by atoms with Crippen LogP contribution in [0.25, 0.3) is 5.69 Å². The van der Waals surface area contributed by atoms with Crippen molar-refractivity contribution >= 4 is 15.8 Å². The molecule has 0 amide bonds. The molecule has 25 heavy (non-hydrogen) atoms. The van der Waals surface area contributed by atoms with Crippen LogP contribution in [0.2, 0.25) is 0 Å². The van der Waals surface area contributed by atoms with Crippen LogP contribution in [0.3, 0.4) is 0 Å². The van der Waals surface area contributed by atoms with Crippen LogP contribution in [0.5, 0.6) is 5.75 Å². The fourth-order valence-electron chi connectivity index (χ4n) is 3.19. The lowest BCUT2D eigenvalue weighted by Gasteiger charge is -2.12. The van der Waals surface area contributed by atoms with E-state index in [-0.39, 0.29) is 11.5 Å². The highest BCUT2D eigenvalue weighted by Gasteiger charge is 2.31. The number of hydrogen-bond donors (Lipinski definition) is 0. The smallest absolute Gasteiger partial charge is 0.340 e. The maximum absolute atomic E-state index is 12.5. The van der Waals surface area contributed by atoms with Crippen LogP contribution in [0.4, 0.5) is 0 Å². The lowest BCUT2D eigenvalue weighted by atomic mass is 10.2. The molecule has 6 nitrogen and oxygen atoms in total. The largest absolute Gasteiger partial charge is 0.497 e. The molecule has 1 saturated heterocycles. The molecular weight excluding hydrogens is 342 g/mol. The van der Waals surface area contributed by atoms with Crippen molar-refractivity contribution in [3.8, 4) is 11.4 Å². The minimum absolute atomic E-state index is 0.0772. The van der Waals surface area contributed by atoms with Gasteiger partial charge in [-0.3, -0.25) is 0 Å². The van der Waals surface area contributed by atoms with Gasteiger partial charge in [0.15, 0.2) is 9.84 Å². The van der Waals surface area contributed by atoms with Crippen molar-refractivity contribution in [1.29, 1.82) is 0 Å². The Hall–Kier alpha value is -2.28. The number of aromatic nitrogens is 1. The summed E-state index contributed by atoms with van der Waals surface area (Å²) in [5, 5.41) is 0. The molecule has 1 atom stereocenters. The van der Waals surface area contributed by atoms with E-state index in [0.29, 0.717) is 12.0 Å². The van der Waals surface area contributed by atoms with Crippen molar-refractivity contribution in [2.75, 3.05) is 18.6 Å². The first-order valence-electron chi connectivity index (χ1n) is 8.05. The Kier molecular flexibility index (Phi) is 4.60. The molecule has 134 valence electrons. The third kappa shape index (κ3) is 3.56. The standard InChI is InChI=1S/C18H21NO5S/c1-12-9-17(18(20)24-16-7-8-25(21,22)11-16)13(2)19(12)14-5-4-6-15(10-14)23-3/h4-6,9-10,16H,7-8,11H2,1-3H3. The summed E-state index contributed by atoms with van der Waals surface area (Å²) in [6.45, 7) is 3.75. The van der Waals surface area contributed by atoms with E-state index >= 15 is 0 Å². The second-order valence-electron chi connectivity index (χ2n) is 6.25. The topological polar surface area (TPSA) is 74.6 Å². The van der Waals surface area contributed by atoms with Crippen LogP contribution in [-0.2, 0) is 14.6 Å². The second-order valence-corrected chi connectivity index (χ2v) is 8.48. The van der Waals surface area contributed by atoms with E-state index in [2.05, 4.69) is 0 Å². The summed E-state index contributed by atoms with van der Waals surface area (Å²) in [5.74, 6) is 0.232. The zero-order valence-electron chi connectivity index (χ0n) is 14.5. The molecule has 1 aromatic heterocycles. The number of aryl methyl sites for hydroxylation is 1. The van der Waals surface area contributed by atoms with Crippen molar-refractivity contribution in [1.82, 2.24) is 4.57 Å². The number of benzene rings is 1. The molecule has 0 spiro atoms. The van der Waals surface area contributed by atoms with Gasteiger partial charge in [-0.15, -0.1) is 0 Å². The van der Waals surface area contributed by atoms with E-state index in [1.54, 1.807) is 13.2 Å². The fourth-order valence-corrected chi connectivity index (χ4v) is 4.77. The van der Waals surface area contributed by atoms with Crippen LogP contribution in [0.15, 0.2) is 30.3 Å². The Morgan fingerprint density at radius 3 is 2.64 bits per heavy atom. The third-order valence-electron chi connectivity index (χ3n) is 4.43. The molecule has 1 aromatic carbocycles. The van der Waals surface area contributed by atoms with Gasteiger partial charge in [-0.05, 0) is 38.5 Å². The zero-order valence-corrected chi connectivity index (χ0v) is 15.3. The van der Waals surface area contributed by atoms with Gasteiger partial charge < -0.3 is 14.0 Å². The molecule has 7 heteroatoms. The average Bonchev–Trinajstić information content (AvgIpc) is 3.06. The maximum atomic E-state index is 12.5. The molecule has 2 aromatic rings. The number of rotatable bonds is 4. The molecule has 0 saturated carbocycles. The number of nitrogens with zero attached hydrogens (tertiary/aromatic N) is 1. The lowest BCUT2D eigenvalue weighted by Crippen LogP contribution is -2.19. The SMILES string of the molecule is COc1cccc(-n2c(C)cc(C(=O)OC3CCS(=O)(=O)C3)c2C)c1.